The van der Waals surface area contributed by atoms with E-state index in [9.17, 15) is 0 Å². The normalized spacial score (nSPS) is 22.2. The van der Waals surface area contributed by atoms with Gasteiger partial charge < -0.3 is 11.1 Å². The van der Waals surface area contributed by atoms with Crippen LogP contribution in [0.4, 0.5) is 0 Å². The molecule has 104 valence electrons. The molecule has 3 rings (SSSR count). The minimum atomic E-state index is 0.319. The molecule has 19 heavy (non-hydrogen) atoms. The molecule has 0 aliphatic heterocycles. The van der Waals surface area contributed by atoms with Crippen molar-refractivity contribution in [3.8, 4) is 0 Å². The Morgan fingerprint density at radius 2 is 2.05 bits per heavy atom. The summed E-state index contributed by atoms with van der Waals surface area (Å²) in [5.74, 6) is 2.58. The molecule has 0 radical (unpaired) electrons. The largest absolute Gasteiger partial charge is 0.329 e. The topological polar surface area (TPSA) is 38.0 Å². The fourth-order valence-electron chi connectivity index (χ4n) is 2.94. The van der Waals surface area contributed by atoms with Crippen LogP contribution in [-0.4, -0.2) is 13.1 Å². The maximum absolute atomic E-state index is 5.96. The van der Waals surface area contributed by atoms with Crippen molar-refractivity contribution in [1.29, 1.82) is 0 Å². The number of nitrogens with one attached hydrogen (secondary N) is 1. The van der Waals surface area contributed by atoms with Crippen LogP contribution < -0.4 is 11.1 Å². The van der Waals surface area contributed by atoms with Crippen molar-refractivity contribution >= 4 is 0 Å². The first-order valence-corrected chi connectivity index (χ1v) is 7.81. The summed E-state index contributed by atoms with van der Waals surface area (Å²) in [6.45, 7) is 4.14. The van der Waals surface area contributed by atoms with E-state index in [1.54, 1.807) is 0 Å². The Bertz CT molecular complexity index is 421. The van der Waals surface area contributed by atoms with Gasteiger partial charge in [0.2, 0.25) is 0 Å². The molecule has 2 fully saturated rings. The van der Waals surface area contributed by atoms with Gasteiger partial charge in [-0.3, -0.25) is 0 Å². The molecular formula is C17H26N2. The molecule has 0 amide bonds. The first kappa shape index (κ1) is 13.1. The van der Waals surface area contributed by atoms with Crippen LogP contribution in [0.25, 0.3) is 0 Å². The molecule has 1 aromatic rings. The van der Waals surface area contributed by atoms with Gasteiger partial charge in [-0.05, 0) is 61.1 Å². The summed E-state index contributed by atoms with van der Waals surface area (Å²) in [6, 6.07) is 9.36. The summed E-state index contributed by atoms with van der Waals surface area (Å²) in [5, 5.41) is 3.67. The molecule has 2 unspecified atom stereocenters. The smallest absolute Gasteiger partial charge is 0.0444 e. The van der Waals surface area contributed by atoms with Gasteiger partial charge >= 0.3 is 0 Å². The summed E-state index contributed by atoms with van der Waals surface area (Å²) in [7, 11) is 0. The Morgan fingerprint density at radius 3 is 2.68 bits per heavy atom. The summed E-state index contributed by atoms with van der Waals surface area (Å²) in [4.78, 5) is 0. The van der Waals surface area contributed by atoms with Crippen LogP contribution >= 0.6 is 0 Å². The first-order chi connectivity index (χ1) is 9.28. The fraction of sp³-hybridized carbons (Fsp3) is 0.647. The van der Waals surface area contributed by atoms with E-state index in [1.165, 1.54) is 36.8 Å². The third kappa shape index (κ3) is 3.37. The van der Waals surface area contributed by atoms with E-state index in [1.807, 2.05) is 0 Å². The summed E-state index contributed by atoms with van der Waals surface area (Å²) in [5.41, 5.74) is 8.84. The maximum atomic E-state index is 5.96. The SMILES string of the molecule is CC(CNC(CN)c1cccc(C2CC2)c1)C1CC1. The van der Waals surface area contributed by atoms with E-state index in [0.29, 0.717) is 12.6 Å². The first-order valence-electron chi connectivity index (χ1n) is 7.81. The summed E-state index contributed by atoms with van der Waals surface area (Å²) >= 11 is 0. The van der Waals surface area contributed by atoms with E-state index < -0.39 is 0 Å². The number of rotatable bonds is 7. The molecule has 2 heteroatoms. The maximum Gasteiger partial charge on any atom is 0.0444 e. The van der Waals surface area contributed by atoms with Crippen LogP contribution in [-0.2, 0) is 0 Å². The molecule has 0 spiro atoms. The Morgan fingerprint density at radius 1 is 1.26 bits per heavy atom. The molecule has 2 aliphatic rings. The van der Waals surface area contributed by atoms with Gasteiger partial charge in [0.05, 0.1) is 0 Å². The van der Waals surface area contributed by atoms with Crippen LogP contribution in [0.2, 0.25) is 0 Å². The molecule has 2 atom stereocenters. The second-order valence-electron chi connectivity index (χ2n) is 6.46. The summed E-state index contributed by atoms with van der Waals surface area (Å²) < 4.78 is 0. The Balaban J connectivity index is 1.61. The lowest BCUT2D eigenvalue weighted by atomic mass is 10.0. The van der Waals surface area contributed by atoms with E-state index >= 15 is 0 Å². The van der Waals surface area contributed by atoms with Crippen LogP contribution in [0.3, 0.4) is 0 Å². The zero-order valence-corrected chi connectivity index (χ0v) is 11.9. The molecule has 2 aliphatic carbocycles. The minimum Gasteiger partial charge on any atom is -0.329 e. The van der Waals surface area contributed by atoms with Crippen molar-refractivity contribution in [3.05, 3.63) is 35.4 Å². The van der Waals surface area contributed by atoms with Crippen LogP contribution in [0, 0.1) is 11.8 Å². The molecule has 1 aromatic carbocycles. The lowest BCUT2D eigenvalue weighted by Crippen LogP contribution is -2.32. The lowest BCUT2D eigenvalue weighted by molar-refractivity contribution is 0.422. The highest BCUT2D eigenvalue weighted by Gasteiger charge is 2.28. The Hall–Kier alpha value is -0.860. The monoisotopic (exact) mass is 258 g/mol. The van der Waals surface area contributed by atoms with Crippen LogP contribution in [0.15, 0.2) is 24.3 Å². The molecule has 3 N–H and O–H groups in total. The number of benzene rings is 1. The van der Waals surface area contributed by atoms with Gasteiger partial charge in [0, 0.05) is 12.6 Å². The van der Waals surface area contributed by atoms with Gasteiger partial charge in [0.25, 0.3) is 0 Å². The number of hydrogen-bond donors (Lipinski definition) is 2. The molecule has 2 saturated carbocycles. The minimum absolute atomic E-state index is 0.319. The highest BCUT2D eigenvalue weighted by molar-refractivity contribution is 5.31. The summed E-state index contributed by atoms with van der Waals surface area (Å²) in [6.07, 6.45) is 5.58. The second kappa shape index (κ2) is 5.64. The van der Waals surface area contributed by atoms with E-state index in [4.69, 9.17) is 5.73 Å². The Kier molecular flexibility index (Phi) is 3.90. The molecule has 0 heterocycles. The standard InChI is InChI=1S/C17H26N2/c1-12(13-5-6-13)11-19-17(10-18)16-4-2-3-15(9-16)14-7-8-14/h2-4,9,12-14,17,19H,5-8,10-11,18H2,1H3. The third-order valence-corrected chi connectivity index (χ3v) is 4.71. The van der Waals surface area contributed by atoms with Crippen molar-refractivity contribution in [2.24, 2.45) is 17.6 Å². The van der Waals surface area contributed by atoms with Crippen molar-refractivity contribution in [3.63, 3.8) is 0 Å². The number of hydrogen-bond acceptors (Lipinski definition) is 2. The number of nitrogens with two attached hydrogens (primary N) is 1. The molecule has 0 saturated heterocycles. The average Bonchev–Trinajstić information content (AvgIpc) is 3.32. The van der Waals surface area contributed by atoms with E-state index in [0.717, 1.165) is 24.3 Å². The molecule has 0 bridgehead atoms. The molecule has 2 nitrogen and oxygen atoms in total. The highest BCUT2D eigenvalue weighted by Crippen LogP contribution is 2.40. The van der Waals surface area contributed by atoms with Crippen molar-refractivity contribution in [1.82, 2.24) is 5.32 Å². The predicted molar refractivity (Wildman–Crippen MR) is 80.1 cm³/mol. The van der Waals surface area contributed by atoms with Gasteiger partial charge in [-0.1, -0.05) is 31.2 Å². The van der Waals surface area contributed by atoms with Gasteiger partial charge in [-0.2, -0.15) is 0 Å². The van der Waals surface area contributed by atoms with Gasteiger partial charge in [0.1, 0.15) is 0 Å². The quantitative estimate of drug-likeness (QED) is 0.788. The van der Waals surface area contributed by atoms with Gasteiger partial charge in [0.15, 0.2) is 0 Å². The van der Waals surface area contributed by atoms with Gasteiger partial charge in [-0.25, -0.2) is 0 Å². The van der Waals surface area contributed by atoms with Gasteiger partial charge in [-0.15, -0.1) is 0 Å². The van der Waals surface area contributed by atoms with Crippen molar-refractivity contribution in [2.75, 3.05) is 13.1 Å². The predicted octanol–water partition coefficient (Wildman–Crippen LogP) is 3.20. The highest BCUT2D eigenvalue weighted by atomic mass is 14.9. The van der Waals surface area contributed by atoms with Crippen LogP contribution in [0.1, 0.15) is 55.7 Å². The third-order valence-electron chi connectivity index (χ3n) is 4.71. The van der Waals surface area contributed by atoms with E-state index in [-0.39, 0.29) is 0 Å². The van der Waals surface area contributed by atoms with Crippen molar-refractivity contribution < 1.29 is 0 Å². The molecular weight excluding hydrogens is 232 g/mol. The fourth-order valence-corrected chi connectivity index (χ4v) is 2.94. The second-order valence-corrected chi connectivity index (χ2v) is 6.46. The van der Waals surface area contributed by atoms with Crippen molar-refractivity contribution in [2.45, 2.75) is 44.6 Å². The molecule has 0 aromatic heterocycles. The lowest BCUT2D eigenvalue weighted by Gasteiger charge is -2.21. The van der Waals surface area contributed by atoms with Crippen LogP contribution in [0.5, 0.6) is 0 Å². The average molecular weight is 258 g/mol. The zero-order valence-electron chi connectivity index (χ0n) is 11.9. The Labute approximate surface area is 116 Å². The zero-order chi connectivity index (χ0) is 13.2. The van der Waals surface area contributed by atoms with E-state index in [2.05, 4.69) is 36.5 Å².